The van der Waals surface area contributed by atoms with Gasteiger partial charge < -0.3 is 0 Å². The van der Waals surface area contributed by atoms with Gasteiger partial charge in [-0.1, -0.05) is 10.2 Å². The first-order valence-corrected chi connectivity index (χ1v) is 6.87. The van der Waals surface area contributed by atoms with Crippen molar-refractivity contribution < 1.29 is 29.5 Å². The van der Waals surface area contributed by atoms with Crippen molar-refractivity contribution in [2.24, 2.45) is 0 Å². The van der Waals surface area contributed by atoms with Crippen LogP contribution in [0.3, 0.4) is 0 Å². The number of hydrogen-bond donors (Lipinski definition) is 0. The van der Waals surface area contributed by atoms with Crippen molar-refractivity contribution in [3.63, 3.8) is 0 Å². The van der Waals surface area contributed by atoms with Crippen molar-refractivity contribution >= 4 is 0 Å². The first-order chi connectivity index (χ1) is 14.8. The second-order valence-corrected chi connectivity index (χ2v) is 4.91. The van der Waals surface area contributed by atoms with Crippen molar-refractivity contribution in [3.05, 3.63) is 72.3 Å². The van der Waals surface area contributed by atoms with Crippen molar-refractivity contribution in [1.82, 2.24) is 40.8 Å². The van der Waals surface area contributed by atoms with Crippen LogP contribution in [-0.4, -0.2) is 70.3 Å². The van der Waals surface area contributed by atoms with Gasteiger partial charge in [0.05, 0.1) is 0 Å². The molecule has 2 rings (SSSR count). The van der Waals surface area contributed by atoms with Gasteiger partial charge in [-0.3, -0.25) is 60.7 Å². The van der Waals surface area contributed by atoms with E-state index in [1.165, 1.54) is 0 Å². The third kappa shape index (κ3) is 3.00. The van der Waals surface area contributed by atoms with Gasteiger partial charge >= 0.3 is 23.2 Å². The standard InChI is InChI=1S/C6N14O12/c21-15(22)5(16(23)24,17(25)26)3-7-1(9-13-11-3)2-8-4(12-14-10-2)6(18(27)28,19(29)30)20(31)32. The smallest absolute Gasteiger partial charge is 0.252 e. The highest BCUT2D eigenvalue weighted by molar-refractivity contribution is 5.40. The van der Waals surface area contributed by atoms with Crippen LogP contribution in [0.4, 0.5) is 0 Å². The molecule has 0 saturated carbocycles. The molecule has 2 aromatic rings. The van der Waals surface area contributed by atoms with Crippen molar-refractivity contribution in [3.8, 4) is 11.6 Å². The van der Waals surface area contributed by atoms with Crippen LogP contribution in [-0.2, 0) is 11.6 Å². The molecule has 0 N–H and O–H groups in total. The van der Waals surface area contributed by atoms with E-state index in [2.05, 4.69) is 40.8 Å². The Morgan fingerprint density at radius 3 is 0.938 bits per heavy atom. The number of nitrogens with zero attached hydrogens (tertiary/aromatic N) is 14. The molecule has 0 amide bonds. The van der Waals surface area contributed by atoms with Crippen LogP contribution in [0.25, 0.3) is 11.6 Å². The molecule has 0 radical (unpaired) electrons. The Morgan fingerprint density at radius 1 is 0.469 bits per heavy atom. The first-order valence-electron chi connectivity index (χ1n) is 6.87. The Kier molecular flexibility index (Phi) is 5.36. The SMILES string of the molecule is O=[N+]([O-])C(c1nnnc(-c2nnnc(C([N+](=O)[O-])([N+](=O)[O-])[N+](=O)[O-])n2)n1)([N+](=O)[O-])[N+](=O)[O-]. The molecule has 2 heterocycles. The molecule has 0 aliphatic carbocycles. The van der Waals surface area contributed by atoms with Gasteiger partial charge in [0.1, 0.15) is 0 Å². The highest BCUT2D eigenvalue weighted by atomic mass is 16.7. The summed E-state index contributed by atoms with van der Waals surface area (Å²) in [5.41, 5.74) is 0. The lowest BCUT2D eigenvalue weighted by atomic mass is 10.3. The second kappa shape index (κ2) is 7.60. The minimum absolute atomic E-state index is 1.23. The molecule has 0 atom stereocenters. The normalized spacial score (nSPS) is 11.4. The molecule has 0 spiro atoms. The summed E-state index contributed by atoms with van der Waals surface area (Å²) in [5, 5.41) is 83.5. The predicted molar refractivity (Wildman–Crippen MR) is 79.6 cm³/mol. The average Bonchev–Trinajstić information content (AvgIpc) is 2.67. The fourth-order valence-corrected chi connectivity index (χ4v) is 1.87. The summed E-state index contributed by atoms with van der Waals surface area (Å²) in [5.74, 6) is -14.9. The van der Waals surface area contributed by atoms with Crippen LogP contribution >= 0.6 is 0 Å². The van der Waals surface area contributed by atoms with Gasteiger partial charge in [-0.25, -0.2) is 0 Å². The summed E-state index contributed by atoms with van der Waals surface area (Å²) in [7, 11) is 0. The van der Waals surface area contributed by atoms with Gasteiger partial charge in [-0.2, -0.15) is 9.97 Å². The third-order valence-corrected chi connectivity index (χ3v) is 3.31. The van der Waals surface area contributed by atoms with E-state index in [9.17, 15) is 60.7 Å². The van der Waals surface area contributed by atoms with Crippen LogP contribution in [0.5, 0.6) is 0 Å². The maximum atomic E-state index is 11.1. The van der Waals surface area contributed by atoms with E-state index in [0.29, 0.717) is 0 Å². The number of nitro groups is 6. The Hall–Kier alpha value is -5.72. The number of hydrogen-bond acceptors (Lipinski definition) is 20. The summed E-state index contributed by atoms with van der Waals surface area (Å²) in [6, 6.07) is 0. The zero-order chi connectivity index (χ0) is 24.4. The van der Waals surface area contributed by atoms with Crippen molar-refractivity contribution in [2.75, 3.05) is 0 Å². The fourth-order valence-electron chi connectivity index (χ4n) is 1.87. The molecule has 26 nitrogen and oxygen atoms in total. The molecule has 0 aromatic carbocycles. The molecule has 2 aromatic heterocycles. The lowest BCUT2D eigenvalue weighted by Gasteiger charge is -2.07. The van der Waals surface area contributed by atoms with Crippen molar-refractivity contribution in [1.29, 1.82) is 0 Å². The molecule has 0 fully saturated rings. The summed E-state index contributed by atoms with van der Waals surface area (Å²) < 4.78 is 0. The third-order valence-electron chi connectivity index (χ3n) is 3.31. The Labute approximate surface area is 167 Å². The Balaban J connectivity index is 2.79. The maximum absolute atomic E-state index is 11.1. The van der Waals surface area contributed by atoms with Crippen LogP contribution in [0.15, 0.2) is 0 Å². The van der Waals surface area contributed by atoms with Crippen LogP contribution in [0.2, 0.25) is 0 Å². The van der Waals surface area contributed by atoms with Crippen molar-refractivity contribution in [2.45, 2.75) is 11.6 Å². The largest absolute Gasteiger partial charge is 0.765 e. The Bertz CT molecular complexity index is 1020. The predicted octanol–water partition coefficient (Wildman–Crippen LogP) is -3.61. The molecule has 32 heavy (non-hydrogen) atoms. The van der Waals surface area contributed by atoms with E-state index >= 15 is 0 Å². The van der Waals surface area contributed by atoms with E-state index in [4.69, 9.17) is 0 Å². The zero-order valence-electron chi connectivity index (χ0n) is 14.2. The lowest BCUT2D eigenvalue weighted by molar-refractivity contribution is -0.987. The molecule has 26 heteroatoms. The molecule has 0 unspecified atom stereocenters. The molecule has 0 saturated heterocycles. The minimum Gasteiger partial charge on any atom is -0.252 e. The highest BCUT2D eigenvalue weighted by Gasteiger charge is 2.77. The van der Waals surface area contributed by atoms with Crippen LogP contribution in [0, 0.1) is 60.7 Å². The lowest BCUT2D eigenvalue weighted by Crippen LogP contribution is -2.52. The summed E-state index contributed by atoms with van der Waals surface area (Å²) in [6.07, 6.45) is 0. The van der Waals surface area contributed by atoms with E-state index in [-0.39, 0.29) is 0 Å². The quantitative estimate of drug-likeness (QED) is 0.198. The van der Waals surface area contributed by atoms with E-state index in [0.717, 1.165) is 0 Å². The van der Waals surface area contributed by atoms with Crippen LogP contribution in [0.1, 0.15) is 11.6 Å². The highest BCUT2D eigenvalue weighted by Crippen LogP contribution is 2.26. The summed E-state index contributed by atoms with van der Waals surface area (Å²) >= 11 is 0. The van der Waals surface area contributed by atoms with E-state index in [1.54, 1.807) is 0 Å². The second-order valence-electron chi connectivity index (χ2n) is 4.91. The number of rotatable bonds is 9. The van der Waals surface area contributed by atoms with E-state index in [1.807, 2.05) is 0 Å². The summed E-state index contributed by atoms with van der Waals surface area (Å²) in [4.78, 5) is 60.5. The molecular weight excluding hydrogens is 460 g/mol. The maximum Gasteiger partial charge on any atom is 0.765 e. The van der Waals surface area contributed by atoms with Gasteiger partial charge in [-0.05, 0) is 10.4 Å². The molecule has 0 bridgehead atoms. The first kappa shape index (κ1) is 22.6. The van der Waals surface area contributed by atoms with Gasteiger partial charge in [0.25, 0.3) is 0 Å². The monoisotopic (exact) mass is 460 g/mol. The van der Waals surface area contributed by atoms with Gasteiger partial charge in [-0.15, -0.1) is 10.2 Å². The zero-order valence-corrected chi connectivity index (χ0v) is 14.2. The molecule has 0 aliphatic rings. The molecule has 166 valence electrons. The van der Waals surface area contributed by atoms with E-state index < -0.39 is 64.4 Å². The minimum atomic E-state index is -4.40. The Morgan fingerprint density at radius 2 is 0.719 bits per heavy atom. The van der Waals surface area contributed by atoms with Gasteiger partial charge in [0.15, 0.2) is 29.5 Å². The summed E-state index contributed by atoms with van der Waals surface area (Å²) in [6.45, 7) is 0. The van der Waals surface area contributed by atoms with Gasteiger partial charge in [0, 0.05) is 0 Å². The number of aromatic nitrogens is 8. The molecular formula is C6N14O12. The molecule has 0 aliphatic heterocycles. The van der Waals surface area contributed by atoms with Crippen LogP contribution < -0.4 is 0 Å². The fraction of sp³-hybridized carbons (Fsp3) is 0.333. The topological polar surface area (TPSA) is 362 Å². The average molecular weight is 460 g/mol. The van der Waals surface area contributed by atoms with Gasteiger partial charge in [0.2, 0.25) is 11.6 Å².